The van der Waals surface area contributed by atoms with Crippen molar-refractivity contribution in [2.45, 2.75) is 6.54 Å². The van der Waals surface area contributed by atoms with E-state index < -0.39 is 5.91 Å². The number of nitrogens with two attached hydrogens (primary N) is 1. The third-order valence-corrected chi connectivity index (χ3v) is 4.25. The Bertz CT molecular complexity index is 1090. The molecule has 3 aromatic heterocycles. The van der Waals surface area contributed by atoms with E-state index in [1.165, 1.54) is 6.20 Å². The molecule has 4 rings (SSSR count). The first kappa shape index (κ1) is 18.2. The summed E-state index contributed by atoms with van der Waals surface area (Å²) in [5.74, 6) is 0.742. The Morgan fingerprint density at radius 3 is 2.59 bits per heavy atom. The molecule has 144 valence electrons. The number of carbonyl (C=O) groups excluding carboxylic acids is 1. The molecule has 4 N–H and O–H groups in total. The standard InChI is InChI=1S/C21H19N7O/c22-21(29)17-14-24-19(11-18(17)23-12-15-5-2-1-3-6-15)27-16-7-8-20(25-13-16)28-10-4-9-26-28/h1-11,13-14H,12H2,(H2,22,29)(H2,23,24,27). The van der Waals surface area contributed by atoms with Crippen molar-refractivity contribution < 1.29 is 4.79 Å². The van der Waals surface area contributed by atoms with Gasteiger partial charge in [0.15, 0.2) is 5.82 Å². The highest BCUT2D eigenvalue weighted by Crippen LogP contribution is 2.22. The van der Waals surface area contributed by atoms with Crippen LogP contribution in [0.3, 0.4) is 0 Å². The van der Waals surface area contributed by atoms with E-state index >= 15 is 0 Å². The van der Waals surface area contributed by atoms with E-state index in [1.807, 2.05) is 54.7 Å². The molecule has 4 aromatic rings. The normalized spacial score (nSPS) is 10.5. The van der Waals surface area contributed by atoms with E-state index in [-0.39, 0.29) is 0 Å². The van der Waals surface area contributed by atoms with E-state index in [4.69, 9.17) is 5.73 Å². The average molecular weight is 385 g/mol. The fourth-order valence-corrected chi connectivity index (χ4v) is 2.81. The highest BCUT2D eigenvalue weighted by atomic mass is 16.1. The molecule has 0 aliphatic carbocycles. The molecule has 3 heterocycles. The number of carbonyl (C=O) groups is 1. The largest absolute Gasteiger partial charge is 0.380 e. The molecule has 29 heavy (non-hydrogen) atoms. The summed E-state index contributed by atoms with van der Waals surface area (Å²) in [6.45, 7) is 0.560. The number of primary amides is 1. The van der Waals surface area contributed by atoms with Crippen LogP contribution in [0.15, 0.2) is 79.4 Å². The van der Waals surface area contributed by atoms with Gasteiger partial charge in [0.05, 0.1) is 23.1 Å². The lowest BCUT2D eigenvalue weighted by Crippen LogP contribution is -2.15. The molecule has 0 radical (unpaired) electrons. The van der Waals surface area contributed by atoms with Gasteiger partial charge in [-0.25, -0.2) is 14.6 Å². The molecule has 0 saturated heterocycles. The Morgan fingerprint density at radius 1 is 1.03 bits per heavy atom. The van der Waals surface area contributed by atoms with Crippen molar-refractivity contribution in [1.82, 2.24) is 19.7 Å². The summed E-state index contributed by atoms with van der Waals surface area (Å²) in [4.78, 5) is 20.4. The van der Waals surface area contributed by atoms with Gasteiger partial charge in [-0.1, -0.05) is 30.3 Å². The van der Waals surface area contributed by atoms with Crippen LogP contribution in [0, 0.1) is 0 Å². The molecule has 0 bridgehead atoms. The van der Waals surface area contributed by atoms with Crippen LogP contribution in [-0.2, 0) is 6.54 Å². The van der Waals surface area contributed by atoms with Crippen molar-refractivity contribution in [2.75, 3.05) is 10.6 Å². The van der Waals surface area contributed by atoms with Gasteiger partial charge in [0, 0.05) is 31.2 Å². The minimum absolute atomic E-state index is 0.332. The molecule has 0 unspecified atom stereocenters. The molecule has 8 heteroatoms. The van der Waals surface area contributed by atoms with Gasteiger partial charge in [0.25, 0.3) is 5.91 Å². The molecular weight excluding hydrogens is 366 g/mol. The molecule has 0 spiro atoms. The van der Waals surface area contributed by atoms with E-state index in [9.17, 15) is 4.79 Å². The topological polar surface area (TPSA) is 111 Å². The number of nitrogens with zero attached hydrogens (tertiary/aromatic N) is 4. The van der Waals surface area contributed by atoms with Gasteiger partial charge in [-0.3, -0.25) is 4.79 Å². The highest BCUT2D eigenvalue weighted by Gasteiger charge is 2.11. The van der Waals surface area contributed by atoms with Crippen LogP contribution in [0.4, 0.5) is 17.2 Å². The lowest BCUT2D eigenvalue weighted by molar-refractivity contribution is 0.100. The summed E-state index contributed by atoms with van der Waals surface area (Å²) < 4.78 is 1.68. The Morgan fingerprint density at radius 2 is 1.90 bits per heavy atom. The van der Waals surface area contributed by atoms with Crippen LogP contribution in [-0.4, -0.2) is 25.7 Å². The summed E-state index contributed by atoms with van der Waals surface area (Å²) in [5, 5.41) is 10.6. The van der Waals surface area contributed by atoms with Crippen molar-refractivity contribution in [3.05, 3.63) is 90.5 Å². The predicted molar refractivity (Wildman–Crippen MR) is 111 cm³/mol. The number of aromatic nitrogens is 4. The van der Waals surface area contributed by atoms with Gasteiger partial charge in [-0.2, -0.15) is 5.10 Å². The van der Waals surface area contributed by atoms with Crippen molar-refractivity contribution >= 4 is 23.1 Å². The quantitative estimate of drug-likeness (QED) is 0.451. The predicted octanol–water partition coefficient (Wildman–Crippen LogP) is 3.12. The number of hydrogen-bond donors (Lipinski definition) is 3. The molecule has 0 atom stereocenters. The van der Waals surface area contributed by atoms with Gasteiger partial charge < -0.3 is 16.4 Å². The van der Waals surface area contributed by atoms with Crippen LogP contribution < -0.4 is 16.4 Å². The van der Waals surface area contributed by atoms with E-state index in [0.717, 1.165) is 11.3 Å². The fraction of sp³-hybridized carbons (Fsp3) is 0.0476. The highest BCUT2D eigenvalue weighted by molar-refractivity contribution is 5.98. The van der Waals surface area contributed by atoms with Crippen LogP contribution in [0.25, 0.3) is 5.82 Å². The minimum Gasteiger partial charge on any atom is -0.380 e. The number of benzene rings is 1. The third-order valence-electron chi connectivity index (χ3n) is 4.25. The van der Waals surface area contributed by atoms with E-state index in [0.29, 0.717) is 29.4 Å². The zero-order valence-electron chi connectivity index (χ0n) is 15.5. The van der Waals surface area contributed by atoms with Crippen LogP contribution in [0.1, 0.15) is 15.9 Å². The fourth-order valence-electron chi connectivity index (χ4n) is 2.81. The monoisotopic (exact) mass is 385 g/mol. The second kappa shape index (κ2) is 8.22. The number of pyridine rings is 2. The molecule has 0 fully saturated rings. The summed E-state index contributed by atoms with van der Waals surface area (Å²) in [6, 6.07) is 17.2. The minimum atomic E-state index is -0.537. The van der Waals surface area contributed by atoms with Gasteiger partial charge in [-0.05, 0) is 23.8 Å². The van der Waals surface area contributed by atoms with Gasteiger partial charge in [0.2, 0.25) is 0 Å². The SMILES string of the molecule is NC(=O)c1cnc(Nc2ccc(-n3cccn3)nc2)cc1NCc1ccccc1. The average Bonchev–Trinajstić information content (AvgIpc) is 3.28. The zero-order chi connectivity index (χ0) is 20.1. The number of hydrogen-bond acceptors (Lipinski definition) is 6. The molecule has 0 aliphatic rings. The second-order valence-electron chi connectivity index (χ2n) is 6.30. The summed E-state index contributed by atoms with van der Waals surface area (Å²) >= 11 is 0. The first-order valence-electron chi connectivity index (χ1n) is 9.00. The van der Waals surface area contributed by atoms with Crippen molar-refractivity contribution in [2.24, 2.45) is 5.73 Å². The van der Waals surface area contributed by atoms with Crippen molar-refractivity contribution in [3.8, 4) is 5.82 Å². The number of amides is 1. The second-order valence-corrected chi connectivity index (χ2v) is 6.30. The Hall–Kier alpha value is -4.20. The summed E-state index contributed by atoms with van der Waals surface area (Å²) in [5.41, 5.74) is 8.28. The Labute approximate surface area is 167 Å². The molecule has 8 nitrogen and oxygen atoms in total. The maximum Gasteiger partial charge on any atom is 0.252 e. The van der Waals surface area contributed by atoms with Gasteiger partial charge in [-0.15, -0.1) is 0 Å². The Balaban J connectivity index is 1.52. The smallest absolute Gasteiger partial charge is 0.252 e. The number of nitrogens with one attached hydrogen (secondary N) is 2. The maximum absolute atomic E-state index is 11.8. The van der Waals surface area contributed by atoms with Gasteiger partial charge >= 0.3 is 0 Å². The third kappa shape index (κ3) is 4.38. The van der Waals surface area contributed by atoms with Crippen LogP contribution >= 0.6 is 0 Å². The lowest BCUT2D eigenvalue weighted by Gasteiger charge is -2.13. The Kier molecular flexibility index (Phi) is 5.15. The molecule has 0 aliphatic heterocycles. The zero-order valence-corrected chi connectivity index (χ0v) is 15.5. The van der Waals surface area contributed by atoms with E-state index in [2.05, 4.69) is 25.7 Å². The molecule has 0 saturated carbocycles. The van der Waals surface area contributed by atoms with Crippen molar-refractivity contribution in [3.63, 3.8) is 0 Å². The lowest BCUT2D eigenvalue weighted by atomic mass is 10.2. The first-order valence-corrected chi connectivity index (χ1v) is 9.00. The first-order chi connectivity index (χ1) is 14.2. The van der Waals surface area contributed by atoms with Gasteiger partial charge in [0.1, 0.15) is 5.82 Å². The van der Waals surface area contributed by atoms with Crippen LogP contribution in [0.2, 0.25) is 0 Å². The number of anilines is 3. The maximum atomic E-state index is 11.8. The summed E-state index contributed by atoms with van der Waals surface area (Å²) in [7, 11) is 0. The number of rotatable bonds is 7. The molecule has 1 amide bonds. The molecular formula is C21H19N7O. The summed E-state index contributed by atoms with van der Waals surface area (Å²) in [6.07, 6.45) is 6.67. The molecule has 1 aromatic carbocycles. The van der Waals surface area contributed by atoms with Crippen molar-refractivity contribution in [1.29, 1.82) is 0 Å². The van der Waals surface area contributed by atoms with Crippen LogP contribution in [0.5, 0.6) is 0 Å². The van der Waals surface area contributed by atoms with E-state index in [1.54, 1.807) is 23.1 Å².